The molecule has 8 heteroatoms. The third-order valence-corrected chi connectivity index (χ3v) is 5.92. The standard InChI is InChI=1S/C25H35N3O5/c1-16-8-9-20-19(15-32-22(20)17(16)2)13-21(29)28-12-6-7-18(14-28)23(30)26-10-11-27-24(31)33-25(3,4)5/h8-9,15,18H,6-7,10-14H2,1-5H3,(H,26,30)(H,27,31). The molecule has 1 aromatic carbocycles. The van der Waals surface area contributed by atoms with Crippen LogP contribution in [0.2, 0.25) is 0 Å². The summed E-state index contributed by atoms with van der Waals surface area (Å²) in [6.07, 6.45) is 2.93. The molecule has 1 aliphatic rings. The fourth-order valence-electron chi connectivity index (χ4n) is 4.03. The lowest BCUT2D eigenvalue weighted by Crippen LogP contribution is -2.47. The predicted molar refractivity (Wildman–Crippen MR) is 126 cm³/mol. The van der Waals surface area contributed by atoms with Gasteiger partial charge in [0.05, 0.1) is 18.6 Å². The normalized spacial score (nSPS) is 16.5. The topological polar surface area (TPSA) is 101 Å². The number of likely N-dealkylation sites (tertiary alicyclic amines) is 1. The molecule has 2 aromatic rings. The molecule has 1 atom stereocenters. The van der Waals surface area contributed by atoms with Gasteiger partial charge in [0.25, 0.3) is 0 Å². The zero-order valence-corrected chi connectivity index (χ0v) is 20.2. The van der Waals surface area contributed by atoms with Gasteiger partial charge in [0.2, 0.25) is 11.8 Å². The van der Waals surface area contributed by atoms with E-state index >= 15 is 0 Å². The van der Waals surface area contributed by atoms with Gasteiger partial charge in [-0.15, -0.1) is 0 Å². The number of fused-ring (bicyclic) bond motifs is 1. The highest BCUT2D eigenvalue weighted by atomic mass is 16.6. The number of carbonyl (C=O) groups excluding carboxylic acids is 3. The molecule has 2 N–H and O–H groups in total. The van der Waals surface area contributed by atoms with E-state index < -0.39 is 11.7 Å². The fraction of sp³-hybridized carbons (Fsp3) is 0.560. The third-order valence-electron chi connectivity index (χ3n) is 5.92. The molecule has 33 heavy (non-hydrogen) atoms. The number of furan rings is 1. The molecule has 1 aliphatic heterocycles. The SMILES string of the molecule is Cc1ccc2c(CC(=O)N3CCCC(C(=O)NCCNC(=O)OC(C)(C)C)C3)coc2c1C. The van der Waals surface area contributed by atoms with E-state index in [4.69, 9.17) is 9.15 Å². The van der Waals surface area contributed by atoms with Gasteiger partial charge in [-0.1, -0.05) is 12.1 Å². The first-order chi connectivity index (χ1) is 15.5. The summed E-state index contributed by atoms with van der Waals surface area (Å²) in [6, 6.07) is 4.04. The Hall–Kier alpha value is -3.03. The second kappa shape index (κ2) is 10.3. The zero-order chi connectivity index (χ0) is 24.2. The van der Waals surface area contributed by atoms with Gasteiger partial charge in [0.1, 0.15) is 11.2 Å². The van der Waals surface area contributed by atoms with Crippen LogP contribution in [0, 0.1) is 19.8 Å². The molecule has 0 aliphatic carbocycles. The Morgan fingerprint density at radius 3 is 2.61 bits per heavy atom. The van der Waals surface area contributed by atoms with Crippen LogP contribution in [-0.4, -0.2) is 54.6 Å². The maximum absolute atomic E-state index is 13.0. The summed E-state index contributed by atoms with van der Waals surface area (Å²) in [5.41, 5.74) is 3.38. The van der Waals surface area contributed by atoms with Crippen molar-refractivity contribution in [3.8, 4) is 0 Å². The lowest BCUT2D eigenvalue weighted by molar-refractivity contribution is -0.135. The van der Waals surface area contributed by atoms with Crippen LogP contribution in [0.4, 0.5) is 4.79 Å². The Kier molecular flexibility index (Phi) is 7.66. The molecule has 1 fully saturated rings. The highest BCUT2D eigenvalue weighted by molar-refractivity contribution is 5.90. The molecular weight excluding hydrogens is 422 g/mol. The molecular formula is C25H35N3O5. The Labute approximate surface area is 195 Å². The molecule has 0 radical (unpaired) electrons. The summed E-state index contributed by atoms with van der Waals surface area (Å²) in [5.74, 6) is -0.353. The van der Waals surface area contributed by atoms with E-state index in [2.05, 4.69) is 10.6 Å². The Morgan fingerprint density at radius 2 is 1.88 bits per heavy atom. The van der Waals surface area contributed by atoms with Crippen LogP contribution in [0.3, 0.4) is 0 Å². The highest BCUT2D eigenvalue weighted by Gasteiger charge is 2.29. The summed E-state index contributed by atoms with van der Waals surface area (Å²) < 4.78 is 10.9. The van der Waals surface area contributed by atoms with Crippen molar-refractivity contribution in [2.24, 2.45) is 5.92 Å². The Bertz CT molecular complexity index is 1020. The zero-order valence-electron chi connectivity index (χ0n) is 20.2. The minimum absolute atomic E-state index is 0.0000189. The first-order valence-electron chi connectivity index (χ1n) is 11.5. The summed E-state index contributed by atoms with van der Waals surface area (Å²) in [5, 5.41) is 6.44. The van der Waals surface area contributed by atoms with E-state index in [-0.39, 0.29) is 30.7 Å². The number of hydrogen-bond donors (Lipinski definition) is 2. The van der Waals surface area contributed by atoms with E-state index in [1.54, 1.807) is 31.9 Å². The fourth-order valence-corrected chi connectivity index (χ4v) is 4.03. The number of hydrogen-bond acceptors (Lipinski definition) is 5. The highest BCUT2D eigenvalue weighted by Crippen LogP contribution is 2.27. The van der Waals surface area contributed by atoms with Crippen molar-refractivity contribution >= 4 is 28.9 Å². The minimum Gasteiger partial charge on any atom is -0.464 e. The van der Waals surface area contributed by atoms with Gasteiger partial charge in [-0.05, 0) is 58.6 Å². The van der Waals surface area contributed by atoms with Crippen molar-refractivity contribution in [1.29, 1.82) is 0 Å². The van der Waals surface area contributed by atoms with Crippen LogP contribution in [0.5, 0.6) is 0 Å². The first-order valence-corrected chi connectivity index (χ1v) is 11.5. The Morgan fingerprint density at radius 1 is 1.15 bits per heavy atom. The smallest absolute Gasteiger partial charge is 0.407 e. The van der Waals surface area contributed by atoms with Gasteiger partial charge in [0, 0.05) is 37.1 Å². The molecule has 1 saturated heterocycles. The molecule has 3 amide bonds. The lowest BCUT2D eigenvalue weighted by Gasteiger charge is -2.32. The quantitative estimate of drug-likeness (QED) is 0.647. The van der Waals surface area contributed by atoms with Gasteiger partial charge in [-0.3, -0.25) is 9.59 Å². The van der Waals surface area contributed by atoms with Crippen LogP contribution in [0.15, 0.2) is 22.8 Å². The average Bonchev–Trinajstić information content (AvgIpc) is 3.15. The monoisotopic (exact) mass is 457 g/mol. The van der Waals surface area contributed by atoms with E-state index in [1.807, 2.05) is 26.0 Å². The number of aryl methyl sites for hydroxylation is 2. The first kappa shape index (κ1) is 24.6. The summed E-state index contributed by atoms with van der Waals surface area (Å²) in [7, 11) is 0. The van der Waals surface area contributed by atoms with Crippen LogP contribution < -0.4 is 10.6 Å². The van der Waals surface area contributed by atoms with Crippen molar-refractivity contribution in [2.45, 2.75) is 59.5 Å². The molecule has 1 aromatic heterocycles. The van der Waals surface area contributed by atoms with Gasteiger partial charge in [-0.25, -0.2) is 4.79 Å². The second-order valence-electron chi connectivity index (χ2n) is 9.72. The lowest BCUT2D eigenvalue weighted by atomic mass is 9.96. The molecule has 0 saturated carbocycles. The minimum atomic E-state index is -0.564. The third kappa shape index (κ3) is 6.49. The van der Waals surface area contributed by atoms with Gasteiger partial charge >= 0.3 is 6.09 Å². The number of ether oxygens (including phenoxy) is 1. The van der Waals surface area contributed by atoms with Crippen LogP contribution in [0.25, 0.3) is 11.0 Å². The Balaban J connectivity index is 1.49. The number of rotatable bonds is 6. The molecule has 1 unspecified atom stereocenters. The number of alkyl carbamates (subject to hydrolysis) is 1. The van der Waals surface area contributed by atoms with Crippen LogP contribution in [-0.2, 0) is 20.7 Å². The van der Waals surface area contributed by atoms with E-state index in [0.29, 0.717) is 19.6 Å². The van der Waals surface area contributed by atoms with Crippen molar-refractivity contribution in [1.82, 2.24) is 15.5 Å². The van der Waals surface area contributed by atoms with Gasteiger partial charge in [-0.2, -0.15) is 0 Å². The maximum atomic E-state index is 13.0. The number of nitrogens with one attached hydrogen (secondary N) is 2. The van der Waals surface area contributed by atoms with Crippen LogP contribution >= 0.6 is 0 Å². The summed E-state index contributed by atoms with van der Waals surface area (Å²) >= 11 is 0. The molecule has 8 nitrogen and oxygen atoms in total. The largest absolute Gasteiger partial charge is 0.464 e. The van der Waals surface area contributed by atoms with Crippen molar-refractivity contribution in [3.05, 3.63) is 35.1 Å². The molecule has 2 heterocycles. The average molecular weight is 458 g/mol. The van der Waals surface area contributed by atoms with E-state index in [1.165, 1.54) is 0 Å². The molecule has 0 bridgehead atoms. The van der Waals surface area contributed by atoms with Gasteiger partial charge in [0.15, 0.2) is 0 Å². The number of piperidine rings is 1. The number of carbonyl (C=O) groups is 3. The van der Waals surface area contributed by atoms with Crippen molar-refractivity contribution in [3.63, 3.8) is 0 Å². The number of amides is 3. The van der Waals surface area contributed by atoms with E-state index in [0.717, 1.165) is 40.5 Å². The van der Waals surface area contributed by atoms with Crippen molar-refractivity contribution in [2.75, 3.05) is 26.2 Å². The van der Waals surface area contributed by atoms with Crippen LogP contribution in [0.1, 0.15) is 50.3 Å². The molecule has 3 rings (SSSR count). The number of benzene rings is 1. The van der Waals surface area contributed by atoms with E-state index in [9.17, 15) is 14.4 Å². The molecule has 180 valence electrons. The maximum Gasteiger partial charge on any atom is 0.407 e. The summed E-state index contributed by atoms with van der Waals surface area (Å²) in [4.78, 5) is 39.0. The molecule has 0 spiro atoms. The summed E-state index contributed by atoms with van der Waals surface area (Å²) in [6.45, 7) is 11.1. The predicted octanol–water partition coefficient (Wildman–Crippen LogP) is 3.47. The van der Waals surface area contributed by atoms with Crippen molar-refractivity contribution < 1.29 is 23.5 Å². The second-order valence-corrected chi connectivity index (χ2v) is 9.72. The van der Waals surface area contributed by atoms with Gasteiger partial charge < -0.3 is 24.7 Å². The number of nitrogens with zero attached hydrogens (tertiary/aromatic N) is 1.